The van der Waals surface area contributed by atoms with Crippen molar-refractivity contribution in [3.8, 4) is 0 Å². The van der Waals surface area contributed by atoms with E-state index in [2.05, 4.69) is 4.72 Å². The van der Waals surface area contributed by atoms with Gasteiger partial charge in [0.2, 0.25) is 19.9 Å². The van der Waals surface area contributed by atoms with Gasteiger partial charge in [-0.15, -0.1) is 0 Å². The van der Waals surface area contributed by atoms with E-state index < -0.39 is 19.9 Å². The van der Waals surface area contributed by atoms with Gasteiger partial charge in [0.05, 0.1) is 14.7 Å². The van der Waals surface area contributed by atoms with Gasteiger partial charge in [0, 0.05) is 11.1 Å². The van der Waals surface area contributed by atoms with Gasteiger partial charge in [0.1, 0.15) is 0 Å². The predicted octanol–water partition coefficient (Wildman–Crippen LogP) is 5.45. The molecule has 0 radical (unpaired) electrons. The predicted molar refractivity (Wildman–Crippen MR) is 128 cm³/mol. The summed E-state index contributed by atoms with van der Waals surface area (Å²) in [4.78, 5) is 0.0191. The molecule has 4 saturated carbocycles. The minimum Gasteiger partial charge on any atom is -0.219 e. The van der Waals surface area contributed by atoms with Crippen LogP contribution in [-0.2, 0) is 19.9 Å². The van der Waals surface area contributed by atoms with Crippen molar-refractivity contribution in [2.75, 3.05) is 0 Å². The number of sulfone groups is 1. The quantitative estimate of drug-likeness (QED) is 0.540. The van der Waals surface area contributed by atoms with Crippen LogP contribution in [0.4, 0.5) is 0 Å². The molecule has 4 bridgehead atoms. The lowest BCUT2D eigenvalue weighted by molar-refractivity contribution is -0.0704. The van der Waals surface area contributed by atoms with Gasteiger partial charge in [-0.3, -0.25) is 0 Å². The number of hydrogen-bond donors (Lipinski definition) is 1. The smallest absolute Gasteiger partial charge is 0.219 e. The Morgan fingerprint density at radius 1 is 0.879 bits per heavy atom. The summed E-state index contributed by atoms with van der Waals surface area (Å²) in [7, 11) is -7.73. The molecule has 4 fully saturated rings. The van der Waals surface area contributed by atoms with E-state index in [9.17, 15) is 16.8 Å². The largest absolute Gasteiger partial charge is 0.240 e. The Kier molecular flexibility index (Phi) is 5.91. The molecule has 0 spiro atoms. The average Bonchev–Trinajstić information content (AvgIpc) is 2.77. The van der Waals surface area contributed by atoms with Gasteiger partial charge in [-0.05, 0) is 111 Å². The third kappa shape index (κ3) is 4.26. The fourth-order valence-corrected chi connectivity index (χ4v) is 10.0. The second-order valence-corrected chi connectivity index (χ2v) is 14.4. The molecular formula is C25H30ClNO4S2. The summed E-state index contributed by atoms with van der Waals surface area (Å²) in [5.74, 6) is 2.17. The lowest BCUT2D eigenvalue weighted by Crippen LogP contribution is -2.56. The van der Waals surface area contributed by atoms with Gasteiger partial charge < -0.3 is 0 Å². The Morgan fingerprint density at radius 2 is 1.42 bits per heavy atom. The van der Waals surface area contributed by atoms with Crippen molar-refractivity contribution in [2.45, 2.75) is 72.6 Å². The molecule has 1 atom stereocenters. The second-order valence-electron chi connectivity index (χ2n) is 10.3. The summed E-state index contributed by atoms with van der Waals surface area (Å²) in [5, 5.41) is 0.435. The van der Waals surface area contributed by atoms with Gasteiger partial charge in [0.25, 0.3) is 0 Å². The van der Waals surface area contributed by atoms with Crippen molar-refractivity contribution < 1.29 is 16.8 Å². The highest BCUT2D eigenvalue weighted by molar-refractivity contribution is 7.91. The topological polar surface area (TPSA) is 80.3 Å². The molecule has 33 heavy (non-hydrogen) atoms. The van der Waals surface area contributed by atoms with E-state index in [4.69, 9.17) is 11.6 Å². The number of hydrogen-bond acceptors (Lipinski definition) is 4. The monoisotopic (exact) mass is 507 g/mol. The Balaban J connectivity index is 1.43. The highest BCUT2D eigenvalue weighted by Crippen LogP contribution is 2.61. The lowest BCUT2D eigenvalue weighted by atomic mass is 9.47. The Morgan fingerprint density at radius 3 is 1.97 bits per heavy atom. The molecule has 0 aromatic heterocycles. The van der Waals surface area contributed by atoms with Gasteiger partial charge >= 0.3 is 0 Å². The minimum absolute atomic E-state index is 0.0132. The van der Waals surface area contributed by atoms with Gasteiger partial charge in [-0.1, -0.05) is 24.6 Å². The second kappa shape index (κ2) is 8.36. The van der Waals surface area contributed by atoms with Crippen LogP contribution in [0.25, 0.3) is 0 Å². The zero-order chi connectivity index (χ0) is 23.4. The SMILES string of the molecule is CC[C@@H](NS(=O)(=O)c1cccc(S(=O)(=O)c2ccc(Cl)cc2)c1)C12CC3CC(CC(C3)C1)C2. The fraction of sp³-hybridized carbons (Fsp3) is 0.520. The lowest BCUT2D eigenvalue weighted by Gasteiger charge is -2.59. The van der Waals surface area contributed by atoms with Gasteiger partial charge in [0.15, 0.2) is 0 Å². The van der Waals surface area contributed by atoms with Crippen molar-refractivity contribution >= 4 is 31.5 Å². The number of halogens is 1. The van der Waals surface area contributed by atoms with E-state index in [1.165, 1.54) is 67.8 Å². The summed E-state index contributed by atoms with van der Waals surface area (Å²) < 4.78 is 56.0. The molecule has 0 amide bonds. The van der Waals surface area contributed by atoms with Gasteiger partial charge in [-0.2, -0.15) is 0 Å². The van der Waals surface area contributed by atoms with Crippen LogP contribution in [-0.4, -0.2) is 22.9 Å². The molecule has 8 heteroatoms. The molecule has 2 aromatic rings. The van der Waals surface area contributed by atoms with Crippen LogP contribution in [0, 0.1) is 23.2 Å². The van der Waals surface area contributed by atoms with E-state index in [-0.39, 0.29) is 26.1 Å². The van der Waals surface area contributed by atoms with Gasteiger partial charge in [-0.25, -0.2) is 21.6 Å². The highest BCUT2D eigenvalue weighted by atomic mass is 35.5. The van der Waals surface area contributed by atoms with E-state index in [0.29, 0.717) is 5.02 Å². The van der Waals surface area contributed by atoms with Crippen LogP contribution >= 0.6 is 11.6 Å². The summed E-state index contributed by atoms with van der Waals surface area (Å²) in [6, 6.07) is 11.4. The first-order valence-corrected chi connectivity index (χ1v) is 15.1. The summed E-state index contributed by atoms with van der Waals surface area (Å²) in [6.45, 7) is 2.05. The first-order chi connectivity index (χ1) is 15.6. The highest BCUT2D eigenvalue weighted by Gasteiger charge is 2.54. The molecule has 6 rings (SSSR count). The van der Waals surface area contributed by atoms with Crippen LogP contribution in [0.1, 0.15) is 51.9 Å². The maximum Gasteiger partial charge on any atom is 0.240 e. The molecule has 1 N–H and O–H groups in total. The van der Waals surface area contributed by atoms with Crippen molar-refractivity contribution in [3.05, 3.63) is 53.6 Å². The number of sulfonamides is 1. The fourth-order valence-electron chi connectivity index (χ4n) is 7.06. The van der Waals surface area contributed by atoms with E-state index in [1.54, 1.807) is 0 Å². The molecule has 5 nitrogen and oxygen atoms in total. The summed E-state index contributed by atoms with van der Waals surface area (Å²) >= 11 is 5.88. The van der Waals surface area contributed by atoms with Crippen molar-refractivity contribution in [2.24, 2.45) is 23.2 Å². The normalized spacial score (nSPS) is 29.8. The first-order valence-electron chi connectivity index (χ1n) is 11.7. The summed E-state index contributed by atoms with van der Waals surface area (Å²) in [5.41, 5.74) is 0.0313. The maximum absolute atomic E-state index is 13.4. The molecule has 0 heterocycles. The Hall–Kier alpha value is -1.41. The molecule has 4 aliphatic rings. The van der Waals surface area contributed by atoms with Crippen LogP contribution in [0.2, 0.25) is 5.02 Å². The van der Waals surface area contributed by atoms with Crippen molar-refractivity contribution in [3.63, 3.8) is 0 Å². The van der Waals surface area contributed by atoms with Crippen LogP contribution < -0.4 is 4.72 Å². The van der Waals surface area contributed by atoms with Crippen LogP contribution in [0.5, 0.6) is 0 Å². The Bertz CT molecular complexity index is 1220. The first kappa shape index (κ1) is 23.3. The summed E-state index contributed by atoms with van der Waals surface area (Å²) in [6.07, 6.45) is 7.93. The van der Waals surface area contributed by atoms with Crippen molar-refractivity contribution in [1.82, 2.24) is 4.72 Å². The maximum atomic E-state index is 13.4. The molecule has 4 aliphatic carbocycles. The Labute approximate surface area is 201 Å². The zero-order valence-electron chi connectivity index (χ0n) is 18.7. The van der Waals surface area contributed by atoms with Crippen LogP contribution in [0.15, 0.2) is 63.2 Å². The molecular weight excluding hydrogens is 478 g/mol. The number of rotatable bonds is 7. The third-order valence-corrected chi connectivity index (χ3v) is 11.6. The van der Waals surface area contributed by atoms with Crippen molar-refractivity contribution in [1.29, 1.82) is 0 Å². The van der Waals surface area contributed by atoms with E-state index >= 15 is 0 Å². The number of benzene rings is 2. The zero-order valence-corrected chi connectivity index (χ0v) is 21.1. The number of nitrogens with one attached hydrogen (secondary N) is 1. The molecule has 0 unspecified atom stereocenters. The average molecular weight is 508 g/mol. The molecule has 0 saturated heterocycles. The minimum atomic E-state index is -3.87. The molecule has 0 aliphatic heterocycles. The molecule has 2 aromatic carbocycles. The van der Waals surface area contributed by atoms with E-state index in [0.717, 1.165) is 43.4 Å². The van der Waals surface area contributed by atoms with Crippen LogP contribution in [0.3, 0.4) is 0 Å². The molecule has 178 valence electrons. The van der Waals surface area contributed by atoms with E-state index in [1.807, 2.05) is 6.92 Å². The third-order valence-electron chi connectivity index (χ3n) is 8.08. The standard InChI is InChI=1S/C25H30ClNO4S2/c1-2-24(25-14-17-10-18(15-25)12-19(11-17)16-25)27-33(30,31)23-5-3-4-22(13-23)32(28,29)21-8-6-20(26)7-9-21/h3-9,13,17-19,24,27H,2,10-12,14-16H2,1H3/t17?,18?,19?,24-,25?/m1/s1.